The summed E-state index contributed by atoms with van der Waals surface area (Å²) in [5.41, 5.74) is 1.71. The lowest BCUT2D eigenvalue weighted by molar-refractivity contribution is -0.0305. The van der Waals surface area contributed by atoms with Gasteiger partial charge >= 0.3 is 0 Å². The van der Waals surface area contributed by atoms with E-state index in [4.69, 9.17) is 9.26 Å². The highest BCUT2D eigenvalue weighted by atomic mass is 16.5. The normalized spacial score (nSPS) is 21.9. The number of ether oxygens (including phenoxy) is 1. The van der Waals surface area contributed by atoms with E-state index in [9.17, 15) is 9.59 Å². The van der Waals surface area contributed by atoms with Gasteiger partial charge in [-0.05, 0) is 39.0 Å². The first-order valence-corrected chi connectivity index (χ1v) is 11.7. The third-order valence-electron chi connectivity index (χ3n) is 6.87. The maximum atomic E-state index is 13.2. The number of carbonyl (C=O) groups is 1. The van der Waals surface area contributed by atoms with E-state index in [1.54, 1.807) is 4.68 Å². The summed E-state index contributed by atoms with van der Waals surface area (Å²) in [6.07, 6.45) is 9.99. The van der Waals surface area contributed by atoms with Gasteiger partial charge in [0, 0.05) is 12.6 Å². The molecule has 1 aliphatic heterocycles. The number of carbonyl (C=O) groups excluding carboxylic acids is 1. The number of hydrogen-bond donors (Lipinski definition) is 1. The molecule has 0 aromatic carbocycles. The standard InChI is InChI=1S/C24H34N4O4/c1-14(2)18-12-9-13-19(31-18)22-15(3)20(26-32-22)23(29)25-21-16(4)27(5)28(24(21)30)17-10-7-6-8-11-17/h9,12,14,17-19H,6-8,10-11,13H2,1-5H3,(H,25,29)/t18-,19+/m0/s1. The number of aromatic nitrogens is 3. The molecule has 0 unspecified atom stereocenters. The summed E-state index contributed by atoms with van der Waals surface area (Å²) in [4.78, 5) is 26.2. The predicted octanol–water partition coefficient (Wildman–Crippen LogP) is 4.59. The van der Waals surface area contributed by atoms with Gasteiger partial charge in [-0.25, -0.2) is 4.68 Å². The third kappa shape index (κ3) is 4.08. The van der Waals surface area contributed by atoms with E-state index in [1.807, 2.05) is 25.6 Å². The topological polar surface area (TPSA) is 91.3 Å². The SMILES string of the molecule is Cc1c(C(=O)Nc2c(C)n(C)n(C3CCCCC3)c2=O)noc1[C@H]1CC=C[C@@H](C(C)C)O1. The minimum atomic E-state index is -0.439. The summed E-state index contributed by atoms with van der Waals surface area (Å²) in [7, 11) is 1.87. The summed E-state index contributed by atoms with van der Waals surface area (Å²) in [6.45, 7) is 7.87. The molecule has 0 spiro atoms. The van der Waals surface area contributed by atoms with E-state index in [0.29, 0.717) is 29.3 Å². The molecule has 8 nitrogen and oxygen atoms in total. The molecule has 1 saturated carbocycles. The van der Waals surface area contributed by atoms with Gasteiger partial charge in [-0.3, -0.25) is 14.3 Å². The number of hydrogen-bond acceptors (Lipinski definition) is 5. The molecule has 2 aromatic heterocycles. The van der Waals surface area contributed by atoms with Crippen LogP contribution in [0.2, 0.25) is 0 Å². The van der Waals surface area contributed by atoms with Crippen LogP contribution in [0.15, 0.2) is 21.5 Å². The maximum absolute atomic E-state index is 13.2. The van der Waals surface area contributed by atoms with Crippen molar-refractivity contribution in [3.05, 3.63) is 45.2 Å². The summed E-state index contributed by atoms with van der Waals surface area (Å²) in [6, 6.07) is 0.177. The van der Waals surface area contributed by atoms with Crippen molar-refractivity contribution < 1.29 is 14.1 Å². The minimum Gasteiger partial charge on any atom is -0.362 e. The predicted molar refractivity (Wildman–Crippen MR) is 122 cm³/mol. The monoisotopic (exact) mass is 442 g/mol. The van der Waals surface area contributed by atoms with Crippen LogP contribution >= 0.6 is 0 Å². The van der Waals surface area contributed by atoms with E-state index in [0.717, 1.165) is 31.4 Å². The molecular weight excluding hydrogens is 408 g/mol. The molecule has 2 atom stereocenters. The number of amides is 1. The number of rotatable bonds is 5. The van der Waals surface area contributed by atoms with Gasteiger partial charge in [0.25, 0.3) is 11.5 Å². The lowest BCUT2D eigenvalue weighted by atomic mass is 9.96. The Balaban J connectivity index is 1.56. The largest absolute Gasteiger partial charge is 0.362 e. The molecule has 1 N–H and O–H groups in total. The highest BCUT2D eigenvalue weighted by Gasteiger charge is 2.30. The van der Waals surface area contributed by atoms with Crippen molar-refractivity contribution in [1.82, 2.24) is 14.5 Å². The highest BCUT2D eigenvalue weighted by molar-refractivity contribution is 6.04. The quantitative estimate of drug-likeness (QED) is 0.684. The number of anilines is 1. The van der Waals surface area contributed by atoms with Crippen molar-refractivity contribution in [2.45, 2.75) is 84.5 Å². The van der Waals surface area contributed by atoms with Crippen LogP contribution in [-0.2, 0) is 11.8 Å². The van der Waals surface area contributed by atoms with E-state index in [2.05, 4.69) is 36.5 Å². The van der Waals surface area contributed by atoms with Gasteiger partial charge in [0.05, 0.1) is 17.8 Å². The van der Waals surface area contributed by atoms with E-state index < -0.39 is 5.91 Å². The first-order valence-electron chi connectivity index (χ1n) is 11.7. The second-order valence-corrected chi connectivity index (χ2v) is 9.40. The minimum absolute atomic E-state index is 0.000694. The Morgan fingerprint density at radius 2 is 1.94 bits per heavy atom. The Morgan fingerprint density at radius 1 is 1.22 bits per heavy atom. The Bertz CT molecular complexity index is 1070. The second kappa shape index (κ2) is 9.10. The molecule has 174 valence electrons. The van der Waals surface area contributed by atoms with Gasteiger partial charge in [0.1, 0.15) is 11.8 Å². The molecule has 0 bridgehead atoms. The molecule has 1 aliphatic carbocycles. The summed E-state index contributed by atoms with van der Waals surface area (Å²) < 4.78 is 15.3. The Kier molecular flexibility index (Phi) is 6.42. The fourth-order valence-electron chi connectivity index (χ4n) is 4.82. The molecule has 3 heterocycles. The van der Waals surface area contributed by atoms with E-state index in [-0.39, 0.29) is 29.5 Å². The van der Waals surface area contributed by atoms with Crippen molar-refractivity contribution in [2.75, 3.05) is 5.32 Å². The van der Waals surface area contributed by atoms with Crippen molar-refractivity contribution in [3.63, 3.8) is 0 Å². The van der Waals surface area contributed by atoms with Gasteiger partial charge in [-0.1, -0.05) is 50.4 Å². The van der Waals surface area contributed by atoms with Crippen LogP contribution in [0.5, 0.6) is 0 Å². The molecule has 0 saturated heterocycles. The van der Waals surface area contributed by atoms with Gasteiger partial charge in [0.15, 0.2) is 11.5 Å². The van der Waals surface area contributed by atoms with E-state index >= 15 is 0 Å². The highest BCUT2D eigenvalue weighted by Crippen LogP contribution is 2.33. The zero-order chi connectivity index (χ0) is 23.0. The molecule has 2 aromatic rings. The van der Waals surface area contributed by atoms with Gasteiger partial charge in [-0.15, -0.1) is 0 Å². The van der Waals surface area contributed by atoms with Crippen LogP contribution < -0.4 is 10.9 Å². The Labute approximate surface area is 188 Å². The van der Waals surface area contributed by atoms with Gasteiger partial charge < -0.3 is 14.6 Å². The second-order valence-electron chi connectivity index (χ2n) is 9.40. The van der Waals surface area contributed by atoms with Crippen LogP contribution in [0.4, 0.5) is 5.69 Å². The Hall–Kier alpha value is -2.61. The molecule has 8 heteroatoms. The third-order valence-corrected chi connectivity index (χ3v) is 6.87. The summed E-state index contributed by atoms with van der Waals surface area (Å²) in [5.74, 6) is 0.466. The molecule has 1 fully saturated rings. The van der Waals surface area contributed by atoms with Crippen LogP contribution in [-0.4, -0.2) is 26.5 Å². The number of nitrogens with zero attached hydrogens (tertiary/aromatic N) is 3. The first kappa shape index (κ1) is 22.6. The zero-order valence-electron chi connectivity index (χ0n) is 19.7. The fourth-order valence-corrected chi connectivity index (χ4v) is 4.82. The van der Waals surface area contributed by atoms with Crippen molar-refractivity contribution in [3.8, 4) is 0 Å². The average molecular weight is 443 g/mol. The van der Waals surface area contributed by atoms with E-state index in [1.165, 1.54) is 6.42 Å². The smallest absolute Gasteiger partial charge is 0.291 e. The lowest BCUT2D eigenvalue weighted by Gasteiger charge is -2.27. The fraction of sp³-hybridized carbons (Fsp3) is 0.625. The summed E-state index contributed by atoms with van der Waals surface area (Å²) >= 11 is 0. The molecule has 32 heavy (non-hydrogen) atoms. The summed E-state index contributed by atoms with van der Waals surface area (Å²) in [5, 5.41) is 6.84. The molecule has 1 amide bonds. The molecule has 4 rings (SSSR count). The lowest BCUT2D eigenvalue weighted by Crippen LogP contribution is -2.29. The van der Waals surface area contributed by atoms with Crippen LogP contribution in [0.25, 0.3) is 0 Å². The number of nitrogens with one attached hydrogen (secondary N) is 1. The van der Waals surface area contributed by atoms with Crippen LogP contribution in [0.3, 0.4) is 0 Å². The van der Waals surface area contributed by atoms with Crippen LogP contribution in [0.1, 0.15) is 92.0 Å². The van der Waals surface area contributed by atoms with Crippen molar-refractivity contribution in [2.24, 2.45) is 13.0 Å². The molecular formula is C24H34N4O4. The Morgan fingerprint density at radius 3 is 2.62 bits per heavy atom. The van der Waals surface area contributed by atoms with Gasteiger partial charge in [0.2, 0.25) is 0 Å². The first-order chi connectivity index (χ1) is 15.3. The zero-order valence-corrected chi connectivity index (χ0v) is 19.7. The maximum Gasteiger partial charge on any atom is 0.291 e. The molecule has 0 radical (unpaired) electrons. The average Bonchev–Trinajstić information content (AvgIpc) is 3.27. The van der Waals surface area contributed by atoms with Crippen LogP contribution in [0, 0.1) is 19.8 Å². The van der Waals surface area contributed by atoms with Gasteiger partial charge in [-0.2, -0.15) is 0 Å². The molecule has 2 aliphatic rings. The van der Waals surface area contributed by atoms with Crippen molar-refractivity contribution >= 4 is 11.6 Å². The van der Waals surface area contributed by atoms with Crippen molar-refractivity contribution in [1.29, 1.82) is 0 Å².